The van der Waals surface area contributed by atoms with Crippen molar-refractivity contribution in [1.29, 1.82) is 0 Å². The standard InChI is InChI=1S/C16H19N3O3/c1-12(20)5-6-18-7-9-19(10-8-18)16(22)14-4-3-13(17-2)11-15(14)21/h3-6,11,21H,2,7-10H2,1H3/b6-5+. The Morgan fingerprint density at radius 2 is 1.95 bits per heavy atom. The van der Waals surface area contributed by atoms with E-state index in [-0.39, 0.29) is 23.0 Å². The first-order valence-electron chi connectivity index (χ1n) is 7.03. The number of ketones is 1. The molecule has 0 atom stereocenters. The van der Waals surface area contributed by atoms with E-state index in [0.29, 0.717) is 31.9 Å². The number of nitrogens with zero attached hydrogens (tertiary/aromatic N) is 3. The maximum absolute atomic E-state index is 12.4. The number of aromatic hydroxyl groups is 1. The molecule has 2 rings (SSSR count). The molecule has 22 heavy (non-hydrogen) atoms. The Morgan fingerprint density at radius 3 is 2.50 bits per heavy atom. The van der Waals surface area contributed by atoms with Crippen LogP contribution in [0.25, 0.3) is 0 Å². The fourth-order valence-corrected chi connectivity index (χ4v) is 2.25. The first kappa shape index (κ1) is 15.8. The van der Waals surface area contributed by atoms with Crippen molar-refractivity contribution in [3.05, 3.63) is 36.0 Å². The van der Waals surface area contributed by atoms with Crippen molar-refractivity contribution < 1.29 is 14.7 Å². The van der Waals surface area contributed by atoms with Crippen LogP contribution in [0.15, 0.2) is 35.5 Å². The van der Waals surface area contributed by atoms with Gasteiger partial charge in [-0.15, -0.1) is 0 Å². The number of rotatable bonds is 4. The monoisotopic (exact) mass is 301 g/mol. The molecule has 0 saturated carbocycles. The van der Waals surface area contributed by atoms with Gasteiger partial charge in [-0.1, -0.05) is 0 Å². The number of carbonyl (C=O) groups excluding carboxylic acids is 2. The van der Waals surface area contributed by atoms with Gasteiger partial charge in [-0.2, -0.15) is 0 Å². The van der Waals surface area contributed by atoms with Gasteiger partial charge < -0.3 is 14.9 Å². The smallest absolute Gasteiger partial charge is 0.257 e. The van der Waals surface area contributed by atoms with Gasteiger partial charge in [0.1, 0.15) is 5.75 Å². The van der Waals surface area contributed by atoms with E-state index >= 15 is 0 Å². The van der Waals surface area contributed by atoms with Crippen LogP contribution in [0.5, 0.6) is 5.75 Å². The lowest BCUT2D eigenvalue weighted by Gasteiger charge is -2.34. The molecular formula is C16H19N3O3. The molecule has 1 saturated heterocycles. The fraction of sp³-hybridized carbons (Fsp3) is 0.312. The maximum Gasteiger partial charge on any atom is 0.257 e. The van der Waals surface area contributed by atoms with Crippen LogP contribution in [0.2, 0.25) is 0 Å². The van der Waals surface area contributed by atoms with Crippen LogP contribution in [0, 0.1) is 0 Å². The van der Waals surface area contributed by atoms with E-state index in [4.69, 9.17) is 0 Å². The Bertz CT molecular complexity index is 617. The number of piperazine rings is 1. The molecule has 1 amide bonds. The Hall–Kier alpha value is -2.63. The highest BCUT2D eigenvalue weighted by molar-refractivity contribution is 5.97. The van der Waals surface area contributed by atoms with E-state index in [9.17, 15) is 14.7 Å². The quantitative estimate of drug-likeness (QED) is 0.677. The minimum atomic E-state index is -0.205. The molecule has 1 fully saturated rings. The number of phenolic OH excluding ortho intramolecular Hbond substituents is 1. The third-order valence-electron chi connectivity index (χ3n) is 3.52. The van der Waals surface area contributed by atoms with Gasteiger partial charge in [-0.05, 0) is 31.9 Å². The third-order valence-corrected chi connectivity index (χ3v) is 3.52. The molecule has 1 heterocycles. The second kappa shape index (κ2) is 6.89. The fourth-order valence-electron chi connectivity index (χ4n) is 2.25. The number of phenols is 1. The number of amides is 1. The minimum absolute atomic E-state index is 0.000605. The van der Waals surface area contributed by atoms with Gasteiger partial charge in [-0.3, -0.25) is 14.6 Å². The van der Waals surface area contributed by atoms with E-state index in [1.165, 1.54) is 19.1 Å². The number of hydrogen-bond acceptors (Lipinski definition) is 5. The summed E-state index contributed by atoms with van der Waals surface area (Å²) in [6, 6.07) is 4.63. The van der Waals surface area contributed by atoms with Crippen molar-refractivity contribution in [2.24, 2.45) is 4.99 Å². The summed E-state index contributed by atoms with van der Waals surface area (Å²) in [6.45, 7) is 7.28. The van der Waals surface area contributed by atoms with Gasteiger partial charge in [0.15, 0.2) is 5.78 Å². The molecule has 6 nitrogen and oxygen atoms in total. The van der Waals surface area contributed by atoms with Gasteiger partial charge in [0.25, 0.3) is 5.91 Å². The first-order valence-corrected chi connectivity index (χ1v) is 7.03. The molecular weight excluding hydrogens is 282 g/mol. The van der Waals surface area contributed by atoms with Crippen LogP contribution in [0.3, 0.4) is 0 Å². The Morgan fingerprint density at radius 1 is 1.27 bits per heavy atom. The molecule has 1 aromatic rings. The van der Waals surface area contributed by atoms with Crippen LogP contribution < -0.4 is 0 Å². The van der Waals surface area contributed by atoms with Crippen LogP contribution in [-0.4, -0.2) is 59.5 Å². The number of allylic oxidation sites excluding steroid dienone is 1. The van der Waals surface area contributed by atoms with E-state index in [1.54, 1.807) is 23.2 Å². The second-order valence-electron chi connectivity index (χ2n) is 5.11. The molecule has 6 heteroatoms. The van der Waals surface area contributed by atoms with Crippen molar-refractivity contribution in [3.8, 4) is 5.75 Å². The summed E-state index contributed by atoms with van der Waals surface area (Å²) >= 11 is 0. The molecule has 116 valence electrons. The van der Waals surface area contributed by atoms with Crippen LogP contribution in [0.4, 0.5) is 5.69 Å². The molecule has 0 bridgehead atoms. The van der Waals surface area contributed by atoms with Crippen LogP contribution in [0.1, 0.15) is 17.3 Å². The van der Waals surface area contributed by atoms with Gasteiger partial charge in [0.05, 0.1) is 11.3 Å². The van der Waals surface area contributed by atoms with Crippen molar-refractivity contribution in [1.82, 2.24) is 9.80 Å². The molecule has 0 spiro atoms. The summed E-state index contributed by atoms with van der Waals surface area (Å²) in [5, 5.41) is 9.93. The van der Waals surface area contributed by atoms with Gasteiger partial charge >= 0.3 is 0 Å². The Balaban J connectivity index is 2.00. The number of benzene rings is 1. The molecule has 1 aliphatic rings. The molecule has 1 N–H and O–H groups in total. The Labute approximate surface area is 129 Å². The first-order chi connectivity index (χ1) is 10.5. The van der Waals surface area contributed by atoms with E-state index < -0.39 is 0 Å². The van der Waals surface area contributed by atoms with Gasteiger partial charge in [0.2, 0.25) is 0 Å². The van der Waals surface area contributed by atoms with Crippen molar-refractivity contribution in [2.75, 3.05) is 26.2 Å². The zero-order valence-electron chi connectivity index (χ0n) is 12.5. The zero-order chi connectivity index (χ0) is 16.1. The van der Waals surface area contributed by atoms with Crippen LogP contribution >= 0.6 is 0 Å². The number of aliphatic imine (C=N–C) groups is 1. The summed E-state index contributed by atoms with van der Waals surface area (Å²) in [4.78, 5) is 30.7. The summed E-state index contributed by atoms with van der Waals surface area (Å²) < 4.78 is 0. The summed E-state index contributed by atoms with van der Waals surface area (Å²) in [6.07, 6.45) is 3.27. The van der Waals surface area contributed by atoms with E-state index in [2.05, 4.69) is 11.7 Å². The van der Waals surface area contributed by atoms with E-state index in [0.717, 1.165) is 0 Å². The zero-order valence-corrected chi connectivity index (χ0v) is 12.5. The molecule has 1 aromatic carbocycles. The minimum Gasteiger partial charge on any atom is -0.507 e. The normalized spacial score (nSPS) is 15.1. The molecule has 0 radical (unpaired) electrons. The van der Waals surface area contributed by atoms with Crippen molar-refractivity contribution in [3.63, 3.8) is 0 Å². The predicted molar refractivity (Wildman–Crippen MR) is 84.6 cm³/mol. The molecule has 0 aromatic heterocycles. The SMILES string of the molecule is C=Nc1ccc(C(=O)N2CCN(/C=C/C(C)=O)CC2)c(O)c1. The van der Waals surface area contributed by atoms with Crippen LogP contribution in [-0.2, 0) is 4.79 Å². The number of hydrogen-bond donors (Lipinski definition) is 1. The maximum atomic E-state index is 12.4. The highest BCUT2D eigenvalue weighted by atomic mass is 16.3. The largest absolute Gasteiger partial charge is 0.507 e. The third kappa shape index (κ3) is 3.72. The second-order valence-corrected chi connectivity index (χ2v) is 5.11. The lowest BCUT2D eigenvalue weighted by Crippen LogP contribution is -2.46. The summed E-state index contributed by atoms with van der Waals surface area (Å²) in [5.74, 6) is -0.295. The summed E-state index contributed by atoms with van der Waals surface area (Å²) in [5.41, 5.74) is 0.786. The Kier molecular flexibility index (Phi) is 4.93. The van der Waals surface area contributed by atoms with Gasteiger partial charge in [0, 0.05) is 38.4 Å². The highest BCUT2D eigenvalue weighted by Gasteiger charge is 2.22. The van der Waals surface area contributed by atoms with E-state index in [1.807, 2.05) is 4.90 Å². The average molecular weight is 301 g/mol. The van der Waals surface area contributed by atoms with Crippen molar-refractivity contribution >= 4 is 24.1 Å². The van der Waals surface area contributed by atoms with Gasteiger partial charge in [-0.25, -0.2) is 0 Å². The lowest BCUT2D eigenvalue weighted by atomic mass is 10.1. The average Bonchev–Trinajstić information content (AvgIpc) is 2.52. The molecule has 0 aliphatic carbocycles. The topological polar surface area (TPSA) is 73.2 Å². The predicted octanol–water partition coefficient (Wildman–Crippen LogP) is 1.58. The molecule has 1 aliphatic heterocycles. The lowest BCUT2D eigenvalue weighted by molar-refractivity contribution is -0.112. The highest BCUT2D eigenvalue weighted by Crippen LogP contribution is 2.25. The summed E-state index contributed by atoms with van der Waals surface area (Å²) in [7, 11) is 0. The van der Waals surface area contributed by atoms with Crippen molar-refractivity contribution in [2.45, 2.75) is 6.92 Å². The number of carbonyl (C=O) groups is 2. The molecule has 0 unspecified atom stereocenters.